The third-order valence-electron chi connectivity index (χ3n) is 4.69. The average Bonchev–Trinajstić information content (AvgIpc) is 2.83. The van der Waals surface area contributed by atoms with Crippen molar-refractivity contribution in [3.8, 4) is 5.75 Å². The van der Waals surface area contributed by atoms with Gasteiger partial charge in [-0.1, -0.05) is 30.3 Å². The highest BCUT2D eigenvalue weighted by Gasteiger charge is 2.21. The molecule has 1 aliphatic heterocycles. The smallest absolute Gasteiger partial charge is 0.258 e. The number of aromatic amines is 1. The van der Waals surface area contributed by atoms with E-state index in [0.717, 1.165) is 11.3 Å². The summed E-state index contributed by atoms with van der Waals surface area (Å²) < 4.78 is 5.93. The number of carbonyl (C=O) groups is 1. The van der Waals surface area contributed by atoms with Gasteiger partial charge in [0.05, 0.1) is 24.0 Å². The lowest BCUT2D eigenvalue weighted by Gasteiger charge is -2.21. The van der Waals surface area contributed by atoms with Crippen molar-refractivity contribution in [1.29, 1.82) is 0 Å². The van der Waals surface area contributed by atoms with E-state index in [1.165, 1.54) is 0 Å². The van der Waals surface area contributed by atoms with Crippen LogP contribution in [-0.2, 0) is 17.9 Å². The lowest BCUT2D eigenvalue weighted by atomic mass is 10.2. The average molecular weight is 378 g/mol. The topological polar surface area (TPSA) is 87.3 Å². The largest absolute Gasteiger partial charge is 0.489 e. The molecule has 0 fully saturated rings. The third-order valence-corrected chi connectivity index (χ3v) is 4.69. The van der Waals surface area contributed by atoms with Gasteiger partial charge in [-0.05, 0) is 25.1 Å². The molecule has 1 amide bonds. The molecule has 2 aromatic carbocycles. The molecule has 1 aliphatic rings. The summed E-state index contributed by atoms with van der Waals surface area (Å²) in [4.78, 5) is 33.8. The lowest BCUT2D eigenvalue weighted by Crippen LogP contribution is -2.40. The molecule has 0 bridgehead atoms. The molecule has 0 saturated carbocycles. The number of amides is 1. The number of fused-ring (bicyclic) bond motifs is 2. The van der Waals surface area contributed by atoms with Gasteiger partial charge in [-0.25, -0.2) is 4.98 Å². The van der Waals surface area contributed by atoms with E-state index in [4.69, 9.17) is 4.74 Å². The number of nitrogens with zero attached hydrogens (tertiary/aromatic N) is 2. The van der Waals surface area contributed by atoms with Crippen LogP contribution in [-0.4, -0.2) is 40.0 Å². The molecule has 4 rings (SSSR count). The van der Waals surface area contributed by atoms with Gasteiger partial charge in [0.15, 0.2) is 0 Å². The van der Waals surface area contributed by atoms with Gasteiger partial charge < -0.3 is 15.0 Å². The maximum Gasteiger partial charge on any atom is 0.258 e. The number of para-hydroxylation sites is 2. The van der Waals surface area contributed by atoms with Crippen molar-refractivity contribution in [2.75, 3.05) is 13.1 Å². The van der Waals surface area contributed by atoms with Crippen molar-refractivity contribution < 1.29 is 9.53 Å². The summed E-state index contributed by atoms with van der Waals surface area (Å²) in [7, 11) is 0. The Morgan fingerprint density at radius 2 is 2.04 bits per heavy atom. The second kappa shape index (κ2) is 7.82. The molecule has 28 heavy (non-hydrogen) atoms. The molecule has 144 valence electrons. The summed E-state index contributed by atoms with van der Waals surface area (Å²) in [6.07, 6.45) is -0.00467. The van der Waals surface area contributed by atoms with E-state index in [0.29, 0.717) is 29.8 Å². The number of rotatable bonds is 4. The zero-order valence-electron chi connectivity index (χ0n) is 15.6. The first-order valence-electron chi connectivity index (χ1n) is 9.30. The summed E-state index contributed by atoms with van der Waals surface area (Å²) in [5, 5.41) is 3.38. The number of H-pyrrole nitrogens is 1. The molecule has 7 heteroatoms. The fourth-order valence-electron chi connectivity index (χ4n) is 3.45. The van der Waals surface area contributed by atoms with Gasteiger partial charge in [-0.15, -0.1) is 0 Å². The quantitative estimate of drug-likeness (QED) is 0.723. The van der Waals surface area contributed by atoms with E-state index in [2.05, 4.69) is 20.2 Å². The normalized spacial score (nSPS) is 16.8. The minimum absolute atomic E-state index is 0.00467. The van der Waals surface area contributed by atoms with Crippen molar-refractivity contribution >= 4 is 16.8 Å². The molecule has 1 unspecified atom stereocenters. The van der Waals surface area contributed by atoms with Gasteiger partial charge >= 0.3 is 0 Å². The zero-order chi connectivity index (χ0) is 19.5. The molecule has 0 spiro atoms. The van der Waals surface area contributed by atoms with Crippen LogP contribution in [0.2, 0.25) is 0 Å². The molecule has 2 N–H and O–H groups in total. The van der Waals surface area contributed by atoms with Crippen molar-refractivity contribution in [3.05, 3.63) is 70.3 Å². The second-order valence-electron chi connectivity index (χ2n) is 7.01. The molecular weight excluding hydrogens is 356 g/mol. The monoisotopic (exact) mass is 378 g/mol. The molecule has 0 radical (unpaired) electrons. The van der Waals surface area contributed by atoms with Crippen LogP contribution in [0.5, 0.6) is 5.75 Å². The van der Waals surface area contributed by atoms with Gasteiger partial charge in [0, 0.05) is 18.7 Å². The Morgan fingerprint density at radius 1 is 1.25 bits per heavy atom. The summed E-state index contributed by atoms with van der Waals surface area (Å²) in [5.41, 5.74) is 1.48. The Kier molecular flexibility index (Phi) is 5.08. The maximum absolute atomic E-state index is 12.5. The van der Waals surface area contributed by atoms with Crippen LogP contribution >= 0.6 is 0 Å². The first-order valence-corrected chi connectivity index (χ1v) is 9.30. The number of ether oxygens (including phenoxy) is 1. The maximum atomic E-state index is 12.5. The first-order chi connectivity index (χ1) is 13.6. The Morgan fingerprint density at radius 3 is 2.93 bits per heavy atom. The third kappa shape index (κ3) is 4.04. The summed E-state index contributed by atoms with van der Waals surface area (Å²) >= 11 is 0. The molecular formula is C21H22N4O3. The van der Waals surface area contributed by atoms with Crippen molar-refractivity contribution in [1.82, 2.24) is 20.2 Å². The Balaban J connectivity index is 1.40. The van der Waals surface area contributed by atoms with Gasteiger partial charge in [-0.2, -0.15) is 0 Å². The minimum Gasteiger partial charge on any atom is -0.489 e. The molecule has 0 saturated heterocycles. The van der Waals surface area contributed by atoms with Gasteiger partial charge in [0.2, 0.25) is 5.91 Å². The number of nitrogens with one attached hydrogen (secondary N) is 2. The van der Waals surface area contributed by atoms with Gasteiger partial charge in [0.25, 0.3) is 5.56 Å². The molecule has 3 aromatic rings. The van der Waals surface area contributed by atoms with E-state index in [1.54, 1.807) is 18.2 Å². The van der Waals surface area contributed by atoms with Crippen LogP contribution < -0.4 is 15.6 Å². The molecule has 7 nitrogen and oxygen atoms in total. The van der Waals surface area contributed by atoms with Crippen LogP contribution in [0.4, 0.5) is 0 Å². The lowest BCUT2D eigenvalue weighted by molar-refractivity contribution is -0.122. The second-order valence-corrected chi connectivity index (χ2v) is 7.01. The summed E-state index contributed by atoms with van der Waals surface area (Å²) in [5.74, 6) is 1.19. The van der Waals surface area contributed by atoms with E-state index in [-0.39, 0.29) is 30.7 Å². The molecule has 2 heterocycles. The van der Waals surface area contributed by atoms with E-state index >= 15 is 0 Å². The van der Waals surface area contributed by atoms with Gasteiger partial charge in [0.1, 0.15) is 17.7 Å². The molecule has 1 aromatic heterocycles. The number of aromatic nitrogens is 2. The SMILES string of the molecule is CC1CN(CC(=O)NCc2nc3ccccc3c(=O)[nH]2)Cc2ccccc2O1. The fourth-order valence-corrected chi connectivity index (χ4v) is 3.45. The number of carbonyl (C=O) groups excluding carboxylic acids is 1. The van der Waals surface area contributed by atoms with E-state index in [9.17, 15) is 9.59 Å². The van der Waals surface area contributed by atoms with Crippen LogP contribution in [0, 0.1) is 0 Å². The molecule has 0 aliphatic carbocycles. The van der Waals surface area contributed by atoms with E-state index in [1.807, 2.05) is 37.3 Å². The van der Waals surface area contributed by atoms with Crippen LogP contribution in [0.1, 0.15) is 18.3 Å². The van der Waals surface area contributed by atoms with Crippen molar-refractivity contribution in [2.45, 2.75) is 26.1 Å². The Bertz CT molecular complexity index is 1060. The van der Waals surface area contributed by atoms with Crippen LogP contribution in [0.25, 0.3) is 10.9 Å². The number of benzene rings is 2. The van der Waals surface area contributed by atoms with Crippen LogP contribution in [0.3, 0.4) is 0 Å². The van der Waals surface area contributed by atoms with E-state index < -0.39 is 0 Å². The first kappa shape index (κ1) is 18.2. The predicted octanol–water partition coefficient (Wildman–Crippen LogP) is 1.82. The fraction of sp³-hybridized carbons (Fsp3) is 0.286. The highest BCUT2D eigenvalue weighted by molar-refractivity contribution is 5.78. The number of hydrogen-bond donors (Lipinski definition) is 2. The predicted molar refractivity (Wildman–Crippen MR) is 106 cm³/mol. The van der Waals surface area contributed by atoms with Crippen molar-refractivity contribution in [3.63, 3.8) is 0 Å². The molecule has 1 atom stereocenters. The van der Waals surface area contributed by atoms with Gasteiger partial charge in [-0.3, -0.25) is 14.5 Å². The van der Waals surface area contributed by atoms with Crippen LogP contribution in [0.15, 0.2) is 53.3 Å². The Hall–Kier alpha value is -3.19. The highest BCUT2D eigenvalue weighted by atomic mass is 16.5. The Labute approximate surface area is 162 Å². The highest BCUT2D eigenvalue weighted by Crippen LogP contribution is 2.24. The standard InChI is InChI=1S/C21H22N4O3/c1-14-11-25(12-15-6-2-5-9-18(15)28-14)13-20(26)22-10-19-23-17-8-4-3-7-16(17)21(27)24-19/h2-9,14H,10-13H2,1H3,(H,22,26)(H,23,24,27). The van der Waals surface area contributed by atoms with Crippen molar-refractivity contribution in [2.24, 2.45) is 0 Å². The zero-order valence-corrected chi connectivity index (χ0v) is 15.6. The summed E-state index contributed by atoms with van der Waals surface area (Å²) in [6, 6.07) is 15.0. The summed E-state index contributed by atoms with van der Waals surface area (Å²) in [6.45, 7) is 3.73. The minimum atomic E-state index is -0.204. The number of hydrogen-bond acceptors (Lipinski definition) is 5.